The van der Waals surface area contributed by atoms with Gasteiger partial charge in [-0.05, 0) is 29.8 Å². The van der Waals surface area contributed by atoms with E-state index in [-0.39, 0.29) is 5.70 Å². The molecule has 27 heavy (non-hydrogen) atoms. The van der Waals surface area contributed by atoms with Gasteiger partial charge in [0.2, 0.25) is 0 Å². The lowest BCUT2D eigenvalue weighted by molar-refractivity contribution is -0.143. The lowest BCUT2D eigenvalue weighted by Crippen LogP contribution is -2.56. The van der Waals surface area contributed by atoms with Crippen LogP contribution in [0.1, 0.15) is 6.42 Å². The first-order valence-corrected chi connectivity index (χ1v) is 8.60. The van der Waals surface area contributed by atoms with Crippen molar-refractivity contribution in [2.75, 3.05) is 20.1 Å². The van der Waals surface area contributed by atoms with Crippen molar-refractivity contribution in [3.63, 3.8) is 0 Å². The molecule has 5 rings (SSSR count). The summed E-state index contributed by atoms with van der Waals surface area (Å²) in [5, 5.41) is 13.4. The Hall–Kier alpha value is -3.24. The van der Waals surface area contributed by atoms with Gasteiger partial charge < -0.3 is 9.85 Å². The van der Waals surface area contributed by atoms with Gasteiger partial charge in [-0.15, -0.1) is 5.10 Å². The van der Waals surface area contributed by atoms with E-state index in [1.807, 2.05) is 36.5 Å². The molecule has 2 aromatic rings. The Labute approximate surface area is 154 Å². The molecule has 1 aromatic heterocycles. The van der Waals surface area contributed by atoms with Crippen LogP contribution in [0.25, 0.3) is 11.0 Å². The summed E-state index contributed by atoms with van der Waals surface area (Å²) in [7, 11) is 1.99. The largest absolute Gasteiger partial charge is 0.382 e. The number of aliphatic imine (C=N–C) groups is 1. The van der Waals surface area contributed by atoms with Crippen LogP contribution in [0.3, 0.4) is 0 Å². The summed E-state index contributed by atoms with van der Waals surface area (Å²) in [6.07, 6.45) is 6.28. The van der Waals surface area contributed by atoms with Crippen LogP contribution in [-0.4, -0.2) is 68.2 Å². The molecule has 138 valence electrons. The minimum absolute atomic E-state index is 0.280. The monoisotopic (exact) mass is 366 g/mol. The summed E-state index contributed by atoms with van der Waals surface area (Å²) >= 11 is 0. The maximum atomic E-state index is 12.9. The molecule has 2 N–H and O–H groups in total. The zero-order valence-corrected chi connectivity index (χ0v) is 14.7. The topological polar surface area (TPSA) is 105 Å². The van der Waals surface area contributed by atoms with Gasteiger partial charge >= 0.3 is 5.97 Å². The second-order valence-corrected chi connectivity index (χ2v) is 6.81. The number of aromatic nitrogens is 3. The van der Waals surface area contributed by atoms with E-state index >= 15 is 0 Å². The maximum absolute atomic E-state index is 12.9. The number of fused-ring (bicyclic) bond motifs is 1. The average molecular weight is 366 g/mol. The molecular weight excluding hydrogens is 348 g/mol. The molecule has 0 radical (unpaired) electrons. The Bertz CT molecular complexity index is 1020. The third-order valence-corrected chi connectivity index (χ3v) is 5.28. The Kier molecular flexibility index (Phi) is 3.33. The first-order valence-electron chi connectivity index (χ1n) is 8.60. The molecule has 10 heteroatoms. The molecule has 3 aliphatic heterocycles. The van der Waals surface area contributed by atoms with Crippen molar-refractivity contribution in [1.82, 2.24) is 30.2 Å². The van der Waals surface area contributed by atoms with Crippen molar-refractivity contribution >= 4 is 23.3 Å². The summed E-state index contributed by atoms with van der Waals surface area (Å²) in [4.78, 5) is 23.8. The van der Waals surface area contributed by atoms with Crippen molar-refractivity contribution in [2.24, 2.45) is 10.8 Å². The van der Waals surface area contributed by atoms with E-state index in [1.165, 1.54) is 5.01 Å². The van der Waals surface area contributed by atoms with Gasteiger partial charge in [-0.1, -0.05) is 17.0 Å². The molecule has 3 aliphatic rings. The number of carbonyl (C=O) groups is 1. The van der Waals surface area contributed by atoms with Crippen molar-refractivity contribution in [2.45, 2.75) is 12.0 Å². The second kappa shape index (κ2) is 5.63. The highest BCUT2D eigenvalue weighted by atomic mass is 16.7. The minimum Gasteiger partial charge on any atom is -0.310 e. The van der Waals surface area contributed by atoms with Crippen LogP contribution in [0.2, 0.25) is 0 Å². The highest BCUT2D eigenvalue weighted by Crippen LogP contribution is 2.41. The molecule has 0 bridgehead atoms. The number of para-hydroxylation sites is 1. The maximum Gasteiger partial charge on any atom is 0.382 e. The van der Waals surface area contributed by atoms with Gasteiger partial charge in [0.15, 0.2) is 0 Å². The molecule has 1 atom stereocenters. The SMILES string of the molecule is CN1CCC23C=C(C(=O)On4nnc5ccccc54)N(N)CC2=CN=CN13. The first kappa shape index (κ1) is 16.0. The normalized spacial score (nSPS) is 24.5. The molecule has 10 nitrogen and oxygen atoms in total. The predicted octanol–water partition coefficient (Wildman–Crippen LogP) is -0.323. The molecule has 4 heterocycles. The highest BCUT2D eigenvalue weighted by molar-refractivity contribution is 5.89. The van der Waals surface area contributed by atoms with Crippen LogP contribution < -0.4 is 10.7 Å². The molecule has 1 aromatic carbocycles. The average Bonchev–Trinajstić information content (AvgIpc) is 3.23. The summed E-state index contributed by atoms with van der Waals surface area (Å²) < 4.78 is 0. The lowest BCUT2D eigenvalue weighted by Gasteiger charge is -2.45. The second-order valence-electron chi connectivity index (χ2n) is 6.81. The van der Waals surface area contributed by atoms with Crippen LogP contribution >= 0.6 is 0 Å². The number of hydrazine groups is 2. The summed E-state index contributed by atoms with van der Waals surface area (Å²) in [5.74, 6) is 5.55. The van der Waals surface area contributed by atoms with Crippen molar-refractivity contribution < 1.29 is 9.63 Å². The molecule has 0 saturated carbocycles. The molecule has 1 saturated heterocycles. The molecular formula is C17H18N8O2. The molecule has 0 amide bonds. The fourth-order valence-electron chi connectivity index (χ4n) is 3.86. The fraction of sp³-hybridized carbons (Fsp3) is 0.294. The predicted molar refractivity (Wildman–Crippen MR) is 96.5 cm³/mol. The zero-order chi connectivity index (χ0) is 18.6. The molecule has 0 aliphatic carbocycles. The van der Waals surface area contributed by atoms with E-state index in [4.69, 9.17) is 10.7 Å². The van der Waals surface area contributed by atoms with Crippen LogP contribution in [0.15, 0.2) is 52.8 Å². The van der Waals surface area contributed by atoms with E-state index in [0.717, 1.165) is 23.4 Å². The number of hydrogen-bond acceptors (Lipinski definition) is 9. The van der Waals surface area contributed by atoms with Gasteiger partial charge in [-0.3, -0.25) is 5.01 Å². The van der Waals surface area contributed by atoms with Gasteiger partial charge in [0, 0.05) is 25.4 Å². The van der Waals surface area contributed by atoms with E-state index in [0.29, 0.717) is 17.6 Å². The Balaban J connectivity index is 1.50. The van der Waals surface area contributed by atoms with Crippen LogP contribution in [0.4, 0.5) is 0 Å². The molecule has 1 fully saturated rings. The number of rotatable bonds is 2. The highest BCUT2D eigenvalue weighted by Gasteiger charge is 2.49. The smallest absolute Gasteiger partial charge is 0.310 e. The first-order chi connectivity index (χ1) is 13.1. The molecule has 1 spiro atoms. The van der Waals surface area contributed by atoms with Gasteiger partial charge in [-0.2, -0.15) is 0 Å². The van der Waals surface area contributed by atoms with E-state index in [2.05, 4.69) is 20.3 Å². The third kappa shape index (κ3) is 2.27. The van der Waals surface area contributed by atoms with E-state index in [9.17, 15) is 4.79 Å². The van der Waals surface area contributed by atoms with Crippen LogP contribution in [-0.2, 0) is 4.79 Å². The number of nitrogens with zero attached hydrogens (tertiary/aromatic N) is 7. The number of carbonyl (C=O) groups excluding carboxylic acids is 1. The zero-order valence-electron chi connectivity index (χ0n) is 14.7. The number of hydrogen-bond donors (Lipinski definition) is 1. The Morgan fingerprint density at radius 2 is 2.19 bits per heavy atom. The standard InChI is InChI=1S/C17H18N8O2/c1-22-7-6-17-8-15(23(18)10-12(17)9-19-11-24(17)22)16(26)27-25-14-5-3-2-4-13(14)20-21-25/h2-5,8-9,11H,6-7,10,18H2,1H3. The minimum atomic E-state index is -0.585. The lowest BCUT2D eigenvalue weighted by atomic mass is 9.83. The van der Waals surface area contributed by atoms with Crippen molar-refractivity contribution in [1.29, 1.82) is 0 Å². The summed E-state index contributed by atoms with van der Waals surface area (Å²) in [5.41, 5.74) is 2.13. The summed E-state index contributed by atoms with van der Waals surface area (Å²) in [6.45, 7) is 1.24. The Morgan fingerprint density at radius 1 is 1.33 bits per heavy atom. The third-order valence-electron chi connectivity index (χ3n) is 5.28. The number of nitrogens with two attached hydrogens (primary N) is 1. The van der Waals surface area contributed by atoms with Gasteiger partial charge in [0.05, 0.1) is 6.54 Å². The van der Waals surface area contributed by atoms with Gasteiger partial charge in [0.1, 0.15) is 28.6 Å². The van der Waals surface area contributed by atoms with Crippen LogP contribution in [0, 0.1) is 0 Å². The quantitative estimate of drug-likeness (QED) is 0.569. The fourth-order valence-corrected chi connectivity index (χ4v) is 3.86. The van der Waals surface area contributed by atoms with Crippen LogP contribution in [0.5, 0.6) is 0 Å². The molecule has 1 unspecified atom stereocenters. The van der Waals surface area contributed by atoms with Gasteiger partial charge in [0.25, 0.3) is 0 Å². The summed E-state index contributed by atoms with van der Waals surface area (Å²) in [6, 6.07) is 7.25. The van der Waals surface area contributed by atoms with E-state index in [1.54, 1.807) is 18.5 Å². The van der Waals surface area contributed by atoms with Crippen molar-refractivity contribution in [3.8, 4) is 0 Å². The van der Waals surface area contributed by atoms with Crippen molar-refractivity contribution in [3.05, 3.63) is 47.8 Å². The van der Waals surface area contributed by atoms with E-state index < -0.39 is 11.5 Å². The van der Waals surface area contributed by atoms with Gasteiger partial charge in [-0.25, -0.2) is 20.6 Å². The Morgan fingerprint density at radius 3 is 3.07 bits per heavy atom. The number of benzene rings is 1.